The average Bonchev–Trinajstić information content (AvgIpc) is 2.90. The minimum atomic E-state index is -0.0324. The number of carbonyl (C=O) groups excluding carboxylic acids is 2. The van der Waals surface area contributed by atoms with Gasteiger partial charge in [-0.15, -0.1) is 0 Å². The highest BCUT2D eigenvalue weighted by molar-refractivity contribution is 5.75. The maximum absolute atomic E-state index is 11.9. The molecular formula is C30H59N3O4. The van der Waals surface area contributed by atoms with Crippen LogP contribution in [0.25, 0.3) is 0 Å². The van der Waals surface area contributed by atoms with Crippen LogP contribution in [0.2, 0.25) is 0 Å². The summed E-state index contributed by atoms with van der Waals surface area (Å²) < 4.78 is 5.39. The number of rotatable bonds is 28. The summed E-state index contributed by atoms with van der Waals surface area (Å²) in [4.78, 5) is 34.1. The molecule has 218 valence electrons. The SMILES string of the molecule is CCCCCCCCCOC(=O)CCCCCCCN(CCCCCCCC=O)CCC(=NCC)ON. The second kappa shape index (κ2) is 29.1. The highest BCUT2D eigenvalue weighted by Crippen LogP contribution is 2.11. The van der Waals surface area contributed by atoms with Crippen molar-refractivity contribution in [2.24, 2.45) is 10.9 Å². The van der Waals surface area contributed by atoms with Gasteiger partial charge in [0.1, 0.15) is 6.29 Å². The minimum absolute atomic E-state index is 0.0324. The number of esters is 1. The van der Waals surface area contributed by atoms with E-state index < -0.39 is 0 Å². The van der Waals surface area contributed by atoms with Gasteiger partial charge >= 0.3 is 5.97 Å². The van der Waals surface area contributed by atoms with Gasteiger partial charge in [-0.3, -0.25) is 9.79 Å². The van der Waals surface area contributed by atoms with Crippen LogP contribution in [0, 0.1) is 0 Å². The van der Waals surface area contributed by atoms with Crippen LogP contribution >= 0.6 is 0 Å². The third-order valence-electron chi connectivity index (χ3n) is 6.77. The zero-order valence-corrected chi connectivity index (χ0v) is 24.4. The molecule has 0 saturated heterocycles. The molecular weight excluding hydrogens is 466 g/mol. The van der Waals surface area contributed by atoms with E-state index in [0.29, 0.717) is 31.9 Å². The molecule has 0 aromatic heterocycles. The summed E-state index contributed by atoms with van der Waals surface area (Å²) in [6.07, 6.45) is 22.9. The molecule has 0 rings (SSSR count). The molecule has 0 bridgehead atoms. The van der Waals surface area contributed by atoms with Gasteiger partial charge in [0.2, 0.25) is 5.90 Å². The van der Waals surface area contributed by atoms with Crippen molar-refractivity contribution in [3.8, 4) is 0 Å². The van der Waals surface area contributed by atoms with Crippen LogP contribution < -0.4 is 5.90 Å². The maximum Gasteiger partial charge on any atom is 0.305 e. The van der Waals surface area contributed by atoms with Crippen LogP contribution in [-0.4, -0.2) is 55.8 Å². The fourth-order valence-electron chi connectivity index (χ4n) is 4.49. The Morgan fingerprint density at radius 2 is 1.30 bits per heavy atom. The van der Waals surface area contributed by atoms with Gasteiger partial charge in [-0.1, -0.05) is 84.0 Å². The van der Waals surface area contributed by atoms with E-state index in [1.54, 1.807) is 0 Å². The van der Waals surface area contributed by atoms with Crippen molar-refractivity contribution in [2.75, 3.05) is 32.8 Å². The van der Waals surface area contributed by atoms with E-state index in [2.05, 4.69) is 16.8 Å². The number of hydrogen-bond acceptors (Lipinski definition) is 7. The summed E-state index contributed by atoms with van der Waals surface area (Å²) in [6.45, 7) is 8.53. The fraction of sp³-hybridized carbons (Fsp3) is 0.900. The first-order valence-electron chi connectivity index (χ1n) is 15.4. The van der Waals surface area contributed by atoms with E-state index in [1.807, 2.05) is 6.92 Å². The molecule has 0 saturated carbocycles. The standard InChI is InChI=1S/C30H59N3O4/c1-3-5-6-7-10-16-21-28-36-30(35)22-17-12-11-14-19-25-33(26-23-29(37-31)32-4-2)24-18-13-8-9-15-20-27-34/h27H,3-26,28,31H2,1-2H3. The van der Waals surface area contributed by atoms with E-state index in [-0.39, 0.29) is 5.97 Å². The van der Waals surface area contributed by atoms with Crippen LogP contribution in [0.4, 0.5) is 0 Å². The Morgan fingerprint density at radius 1 is 0.730 bits per heavy atom. The molecule has 0 aromatic carbocycles. The van der Waals surface area contributed by atoms with Gasteiger partial charge in [0.15, 0.2) is 0 Å². The number of aliphatic imine (C=N–C) groups is 1. The molecule has 0 aliphatic rings. The van der Waals surface area contributed by atoms with Crippen molar-refractivity contribution in [1.29, 1.82) is 0 Å². The van der Waals surface area contributed by atoms with Crippen molar-refractivity contribution in [3.63, 3.8) is 0 Å². The first kappa shape index (κ1) is 35.5. The summed E-state index contributed by atoms with van der Waals surface area (Å²) in [7, 11) is 0. The number of nitrogens with zero attached hydrogens (tertiary/aromatic N) is 2. The number of aldehydes is 1. The molecule has 0 aliphatic carbocycles. The smallest absolute Gasteiger partial charge is 0.305 e. The lowest BCUT2D eigenvalue weighted by molar-refractivity contribution is -0.143. The van der Waals surface area contributed by atoms with Crippen molar-refractivity contribution in [2.45, 2.75) is 142 Å². The summed E-state index contributed by atoms with van der Waals surface area (Å²) in [5, 5.41) is 0. The predicted molar refractivity (Wildman–Crippen MR) is 155 cm³/mol. The quantitative estimate of drug-likeness (QED) is 0.0291. The zero-order valence-electron chi connectivity index (χ0n) is 24.4. The third-order valence-corrected chi connectivity index (χ3v) is 6.77. The average molecular weight is 526 g/mol. The molecule has 0 spiro atoms. The van der Waals surface area contributed by atoms with E-state index in [0.717, 1.165) is 77.3 Å². The first-order chi connectivity index (χ1) is 18.2. The first-order valence-corrected chi connectivity index (χ1v) is 15.4. The number of carbonyl (C=O) groups is 2. The third kappa shape index (κ3) is 25.9. The molecule has 0 heterocycles. The molecule has 0 atom stereocenters. The summed E-state index contributed by atoms with van der Waals surface area (Å²) in [5.74, 6) is 5.96. The highest BCUT2D eigenvalue weighted by atomic mass is 16.6. The minimum Gasteiger partial charge on any atom is -0.466 e. The molecule has 7 heteroatoms. The van der Waals surface area contributed by atoms with Crippen LogP contribution in [0.1, 0.15) is 142 Å². The molecule has 7 nitrogen and oxygen atoms in total. The number of hydrogen-bond donors (Lipinski definition) is 1. The highest BCUT2D eigenvalue weighted by Gasteiger charge is 2.08. The van der Waals surface area contributed by atoms with Crippen molar-refractivity contribution in [1.82, 2.24) is 4.90 Å². The maximum atomic E-state index is 11.9. The van der Waals surface area contributed by atoms with Gasteiger partial charge < -0.3 is 19.3 Å². The second-order valence-corrected chi connectivity index (χ2v) is 10.2. The van der Waals surface area contributed by atoms with Gasteiger partial charge in [0.05, 0.1) is 6.61 Å². The van der Waals surface area contributed by atoms with E-state index in [9.17, 15) is 9.59 Å². The van der Waals surface area contributed by atoms with Crippen molar-refractivity contribution in [3.05, 3.63) is 0 Å². The Hall–Kier alpha value is -1.47. The molecule has 0 amide bonds. The van der Waals surface area contributed by atoms with E-state index in [1.165, 1.54) is 64.2 Å². The van der Waals surface area contributed by atoms with Crippen molar-refractivity contribution < 1.29 is 19.2 Å². The summed E-state index contributed by atoms with van der Waals surface area (Å²) in [5.41, 5.74) is 0. The monoisotopic (exact) mass is 525 g/mol. The Balaban J connectivity index is 3.92. The summed E-state index contributed by atoms with van der Waals surface area (Å²) >= 11 is 0. The van der Waals surface area contributed by atoms with Gasteiger partial charge in [-0.05, 0) is 52.1 Å². The van der Waals surface area contributed by atoms with Crippen molar-refractivity contribution >= 4 is 18.2 Å². The van der Waals surface area contributed by atoms with Crippen LogP contribution in [0.5, 0.6) is 0 Å². The van der Waals surface area contributed by atoms with Crippen LogP contribution in [-0.2, 0) is 19.2 Å². The largest absolute Gasteiger partial charge is 0.466 e. The van der Waals surface area contributed by atoms with Crippen LogP contribution in [0.15, 0.2) is 4.99 Å². The molecule has 0 unspecified atom stereocenters. The fourth-order valence-corrected chi connectivity index (χ4v) is 4.49. The lowest BCUT2D eigenvalue weighted by atomic mass is 10.1. The number of unbranched alkanes of at least 4 members (excludes halogenated alkanes) is 15. The normalized spacial score (nSPS) is 11.7. The number of ether oxygens (including phenoxy) is 1. The molecule has 2 N–H and O–H groups in total. The number of nitrogens with two attached hydrogens (primary N) is 1. The second-order valence-electron chi connectivity index (χ2n) is 10.2. The molecule has 37 heavy (non-hydrogen) atoms. The van der Waals surface area contributed by atoms with Crippen LogP contribution in [0.3, 0.4) is 0 Å². The Kier molecular flexibility index (Phi) is 27.9. The molecule has 0 fully saturated rings. The Morgan fingerprint density at radius 3 is 1.89 bits per heavy atom. The Bertz CT molecular complexity index is 543. The topological polar surface area (TPSA) is 94.2 Å². The zero-order chi connectivity index (χ0) is 27.2. The Labute approximate surface area is 228 Å². The molecule has 0 aliphatic heterocycles. The molecule has 0 aromatic rings. The lowest BCUT2D eigenvalue weighted by Gasteiger charge is -2.22. The van der Waals surface area contributed by atoms with Gasteiger partial charge in [0, 0.05) is 32.4 Å². The van der Waals surface area contributed by atoms with Gasteiger partial charge in [-0.2, -0.15) is 5.90 Å². The molecule has 0 radical (unpaired) electrons. The van der Waals surface area contributed by atoms with Gasteiger partial charge in [-0.25, -0.2) is 0 Å². The lowest BCUT2D eigenvalue weighted by Crippen LogP contribution is -2.29. The van der Waals surface area contributed by atoms with Gasteiger partial charge in [0.25, 0.3) is 0 Å². The summed E-state index contributed by atoms with van der Waals surface area (Å²) in [6, 6.07) is 0. The van der Waals surface area contributed by atoms with E-state index in [4.69, 9.17) is 15.5 Å². The predicted octanol–water partition coefficient (Wildman–Crippen LogP) is 7.16. The van der Waals surface area contributed by atoms with E-state index >= 15 is 0 Å².